The molecule has 3 rings (SSSR count). The third kappa shape index (κ3) is 2.52. The third-order valence-electron chi connectivity index (χ3n) is 3.70. The quantitative estimate of drug-likeness (QED) is 0.905. The maximum atomic E-state index is 9.01. The van der Waals surface area contributed by atoms with E-state index in [2.05, 4.69) is 35.2 Å². The number of hydrogen-bond acceptors (Lipinski definition) is 3. The topological polar surface area (TPSA) is 53.1 Å². The Bertz CT molecular complexity index is 643. The van der Waals surface area contributed by atoms with Crippen molar-refractivity contribution < 1.29 is 0 Å². The van der Waals surface area contributed by atoms with Crippen molar-refractivity contribution in [3.05, 3.63) is 65.2 Å². The number of fused-ring (bicyclic) bond motifs is 1. The summed E-state index contributed by atoms with van der Waals surface area (Å²) in [6, 6.07) is 18.6. The summed E-state index contributed by atoms with van der Waals surface area (Å²) in [7, 11) is 0. The molecule has 1 aliphatic rings. The van der Waals surface area contributed by atoms with Crippen LogP contribution in [0.1, 0.15) is 16.7 Å². The van der Waals surface area contributed by atoms with E-state index in [4.69, 9.17) is 11.0 Å². The summed E-state index contributed by atoms with van der Waals surface area (Å²) >= 11 is 0. The van der Waals surface area contributed by atoms with Gasteiger partial charge in [0.1, 0.15) is 0 Å². The fourth-order valence-electron chi connectivity index (χ4n) is 2.81. The molecule has 2 aromatic rings. The highest BCUT2D eigenvalue weighted by Crippen LogP contribution is 2.28. The van der Waals surface area contributed by atoms with Gasteiger partial charge >= 0.3 is 0 Å². The Labute approximate surface area is 119 Å². The van der Waals surface area contributed by atoms with E-state index in [0.717, 1.165) is 19.5 Å². The lowest BCUT2D eigenvalue weighted by Gasteiger charge is -2.35. The highest BCUT2D eigenvalue weighted by atomic mass is 15.2. The van der Waals surface area contributed by atoms with Gasteiger partial charge in [0.15, 0.2) is 0 Å². The Morgan fingerprint density at radius 1 is 1.20 bits per heavy atom. The van der Waals surface area contributed by atoms with Crippen LogP contribution in [0.25, 0.3) is 0 Å². The normalized spacial score (nSPS) is 17.4. The van der Waals surface area contributed by atoms with Crippen LogP contribution in [0.4, 0.5) is 5.69 Å². The zero-order chi connectivity index (χ0) is 13.9. The van der Waals surface area contributed by atoms with Crippen LogP contribution in [-0.2, 0) is 13.0 Å². The first-order chi connectivity index (χ1) is 9.76. The molecule has 2 N–H and O–H groups in total. The lowest BCUT2D eigenvalue weighted by molar-refractivity contribution is 0.598. The van der Waals surface area contributed by atoms with Crippen LogP contribution in [0.15, 0.2) is 48.5 Å². The molecule has 0 spiro atoms. The molecule has 0 amide bonds. The SMILES string of the molecule is N#Cc1ccc2c(c1)C[C@@H](N)CN2Cc1ccccc1. The average molecular weight is 263 g/mol. The Hall–Kier alpha value is -2.31. The molecule has 0 radical (unpaired) electrons. The summed E-state index contributed by atoms with van der Waals surface area (Å²) in [4.78, 5) is 2.31. The predicted molar refractivity (Wildman–Crippen MR) is 80.3 cm³/mol. The molecular weight excluding hydrogens is 246 g/mol. The molecule has 3 nitrogen and oxygen atoms in total. The van der Waals surface area contributed by atoms with Crippen molar-refractivity contribution >= 4 is 5.69 Å². The second-order valence-electron chi connectivity index (χ2n) is 5.29. The number of nitrogens with two attached hydrogens (primary N) is 1. The van der Waals surface area contributed by atoms with Crippen molar-refractivity contribution in [3.63, 3.8) is 0 Å². The number of hydrogen-bond donors (Lipinski definition) is 1. The highest BCUT2D eigenvalue weighted by molar-refractivity contribution is 5.59. The number of benzene rings is 2. The molecule has 100 valence electrons. The largest absolute Gasteiger partial charge is 0.365 e. The second-order valence-corrected chi connectivity index (χ2v) is 5.29. The number of anilines is 1. The molecule has 0 aliphatic carbocycles. The molecule has 0 aromatic heterocycles. The van der Waals surface area contributed by atoms with Gasteiger partial charge in [-0.1, -0.05) is 30.3 Å². The first-order valence-electron chi connectivity index (χ1n) is 6.84. The zero-order valence-corrected chi connectivity index (χ0v) is 11.3. The van der Waals surface area contributed by atoms with Crippen LogP contribution < -0.4 is 10.6 Å². The van der Waals surface area contributed by atoms with E-state index < -0.39 is 0 Å². The Balaban J connectivity index is 1.92. The van der Waals surface area contributed by atoms with Gasteiger partial charge in [-0.05, 0) is 35.7 Å². The van der Waals surface area contributed by atoms with Crippen molar-refractivity contribution in [1.82, 2.24) is 0 Å². The summed E-state index contributed by atoms with van der Waals surface area (Å²) < 4.78 is 0. The van der Waals surface area contributed by atoms with Gasteiger partial charge in [-0.15, -0.1) is 0 Å². The second kappa shape index (κ2) is 5.36. The molecule has 3 heteroatoms. The van der Waals surface area contributed by atoms with Gasteiger partial charge < -0.3 is 10.6 Å². The van der Waals surface area contributed by atoms with Crippen molar-refractivity contribution in [2.75, 3.05) is 11.4 Å². The van der Waals surface area contributed by atoms with E-state index in [-0.39, 0.29) is 6.04 Å². The first-order valence-corrected chi connectivity index (χ1v) is 6.84. The minimum absolute atomic E-state index is 0.125. The van der Waals surface area contributed by atoms with Gasteiger partial charge in [0.25, 0.3) is 0 Å². The standard InChI is InChI=1S/C17H17N3/c18-10-14-6-7-17-15(8-14)9-16(19)12-20(17)11-13-4-2-1-3-5-13/h1-8,16H,9,11-12,19H2/t16-/m1/s1. The average Bonchev–Trinajstić information content (AvgIpc) is 2.47. The predicted octanol–water partition coefficient (Wildman–Crippen LogP) is 2.45. The van der Waals surface area contributed by atoms with E-state index in [1.54, 1.807) is 0 Å². The summed E-state index contributed by atoms with van der Waals surface area (Å²) in [6.45, 7) is 1.71. The Morgan fingerprint density at radius 3 is 2.75 bits per heavy atom. The Morgan fingerprint density at radius 2 is 2.00 bits per heavy atom. The molecule has 0 unspecified atom stereocenters. The molecule has 0 saturated heterocycles. The van der Waals surface area contributed by atoms with Gasteiger partial charge in [0.05, 0.1) is 11.6 Å². The molecule has 0 saturated carbocycles. The van der Waals surface area contributed by atoms with Crippen molar-refractivity contribution in [2.45, 2.75) is 19.0 Å². The van der Waals surface area contributed by atoms with Crippen molar-refractivity contribution in [1.29, 1.82) is 5.26 Å². The lowest BCUT2D eigenvalue weighted by atomic mass is 9.96. The number of rotatable bonds is 2. The van der Waals surface area contributed by atoms with E-state index >= 15 is 0 Å². The van der Waals surface area contributed by atoms with E-state index in [1.165, 1.54) is 16.8 Å². The molecule has 2 aromatic carbocycles. The van der Waals surface area contributed by atoms with Crippen molar-refractivity contribution in [3.8, 4) is 6.07 Å². The van der Waals surface area contributed by atoms with Crippen LogP contribution >= 0.6 is 0 Å². The maximum absolute atomic E-state index is 9.01. The molecule has 1 heterocycles. The van der Waals surface area contributed by atoms with Crippen molar-refractivity contribution in [2.24, 2.45) is 5.73 Å². The number of nitriles is 1. The summed E-state index contributed by atoms with van der Waals surface area (Å²) in [5.74, 6) is 0. The van der Waals surface area contributed by atoms with Gasteiger partial charge in [0, 0.05) is 24.8 Å². The first kappa shape index (κ1) is 12.7. The molecule has 1 atom stereocenters. The summed E-state index contributed by atoms with van der Waals surface area (Å²) in [5.41, 5.74) is 10.5. The fourth-order valence-corrected chi connectivity index (χ4v) is 2.81. The zero-order valence-electron chi connectivity index (χ0n) is 11.3. The van der Waals surface area contributed by atoms with Crippen LogP contribution in [-0.4, -0.2) is 12.6 Å². The minimum atomic E-state index is 0.125. The molecular formula is C17H17N3. The molecule has 1 aliphatic heterocycles. The van der Waals surface area contributed by atoms with Crippen LogP contribution in [0.2, 0.25) is 0 Å². The maximum Gasteiger partial charge on any atom is 0.0991 e. The lowest BCUT2D eigenvalue weighted by Crippen LogP contribution is -2.42. The van der Waals surface area contributed by atoms with E-state index in [0.29, 0.717) is 5.56 Å². The number of nitrogens with zero attached hydrogens (tertiary/aromatic N) is 2. The Kier molecular flexibility index (Phi) is 3.41. The molecule has 0 bridgehead atoms. The van der Waals surface area contributed by atoms with Gasteiger partial charge in [-0.3, -0.25) is 0 Å². The van der Waals surface area contributed by atoms with Gasteiger partial charge in [-0.25, -0.2) is 0 Å². The minimum Gasteiger partial charge on any atom is -0.365 e. The monoisotopic (exact) mass is 263 g/mol. The highest BCUT2D eigenvalue weighted by Gasteiger charge is 2.22. The summed E-state index contributed by atoms with van der Waals surface area (Å²) in [5, 5.41) is 9.01. The fraction of sp³-hybridized carbons (Fsp3) is 0.235. The summed E-state index contributed by atoms with van der Waals surface area (Å²) in [6.07, 6.45) is 0.843. The van der Waals surface area contributed by atoms with Crippen LogP contribution in [0.3, 0.4) is 0 Å². The molecule has 0 fully saturated rings. The third-order valence-corrected chi connectivity index (χ3v) is 3.70. The van der Waals surface area contributed by atoms with Crippen LogP contribution in [0.5, 0.6) is 0 Å². The van der Waals surface area contributed by atoms with Crippen LogP contribution in [0, 0.1) is 11.3 Å². The van der Waals surface area contributed by atoms with Gasteiger partial charge in [-0.2, -0.15) is 5.26 Å². The smallest absolute Gasteiger partial charge is 0.0991 e. The van der Waals surface area contributed by atoms with E-state index in [1.807, 2.05) is 24.3 Å². The van der Waals surface area contributed by atoms with E-state index in [9.17, 15) is 0 Å². The van der Waals surface area contributed by atoms with Gasteiger partial charge in [0.2, 0.25) is 0 Å². The molecule has 20 heavy (non-hydrogen) atoms.